The minimum Gasteiger partial charge on any atom is -0.464 e. The Kier molecular flexibility index (Phi) is 6.22. The molecule has 0 spiro atoms. The van der Waals surface area contributed by atoms with Gasteiger partial charge in [0.2, 0.25) is 0 Å². The molecule has 2 nitrogen and oxygen atoms in total. The van der Waals surface area contributed by atoms with E-state index in [-0.39, 0.29) is 10.8 Å². The van der Waals surface area contributed by atoms with Crippen molar-refractivity contribution in [1.82, 2.24) is 0 Å². The SMILES string of the molecule is CSCCOC(=O)C(C)Br. The molecular weight excluding hydrogens is 216 g/mol. The summed E-state index contributed by atoms with van der Waals surface area (Å²) >= 11 is 4.77. The molecule has 0 rings (SSSR count). The van der Waals surface area contributed by atoms with Gasteiger partial charge in [-0.2, -0.15) is 11.8 Å². The number of hydrogen-bond donors (Lipinski definition) is 0. The topological polar surface area (TPSA) is 26.3 Å². The predicted molar refractivity (Wildman–Crippen MR) is 47.7 cm³/mol. The molecule has 4 heteroatoms. The minimum absolute atomic E-state index is 0.186. The lowest BCUT2D eigenvalue weighted by atomic mass is 10.5. The van der Waals surface area contributed by atoms with Gasteiger partial charge in [0, 0.05) is 5.75 Å². The highest BCUT2D eigenvalue weighted by molar-refractivity contribution is 9.10. The monoisotopic (exact) mass is 226 g/mol. The first-order valence-corrected chi connectivity index (χ1v) is 5.29. The number of ether oxygens (including phenoxy) is 1. The van der Waals surface area contributed by atoms with Gasteiger partial charge in [-0.05, 0) is 13.2 Å². The average molecular weight is 227 g/mol. The van der Waals surface area contributed by atoms with Crippen LogP contribution >= 0.6 is 27.7 Å². The fourth-order valence-electron chi connectivity index (χ4n) is 0.340. The van der Waals surface area contributed by atoms with Gasteiger partial charge in [0.15, 0.2) is 0 Å². The van der Waals surface area contributed by atoms with Crippen molar-refractivity contribution in [3.8, 4) is 0 Å². The zero-order valence-corrected chi connectivity index (χ0v) is 8.50. The van der Waals surface area contributed by atoms with E-state index in [1.165, 1.54) is 0 Å². The van der Waals surface area contributed by atoms with E-state index >= 15 is 0 Å². The lowest BCUT2D eigenvalue weighted by Crippen LogP contribution is -2.15. The van der Waals surface area contributed by atoms with Gasteiger partial charge in [-0.1, -0.05) is 15.9 Å². The smallest absolute Gasteiger partial charge is 0.319 e. The van der Waals surface area contributed by atoms with Crippen LogP contribution in [0.3, 0.4) is 0 Å². The van der Waals surface area contributed by atoms with Crippen LogP contribution in [-0.2, 0) is 9.53 Å². The standard InChI is InChI=1S/C6H11BrO2S/c1-5(7)6(8)9-3-4-10-2/h5H,3-4H2,1-2H3. The van der Waals surface area contributed by atoms with E-state index in [1.54, 1.807) is 18.7 Å². The third-order valence-corrected chi connectivity index (χ3v) is 1.81. The maximum atomic E-state index is 10.7. The molecule has 0 aromatic rings. The fraction of sp³-hybridized carbons (Fsp3) is 0.833. The predicted octanol–water partition coefficient (Wildman–Crippen LogP) is 1.68. The van der Waals surface area contributed by atoms with E-state index in [0.717, 1.165) is 5.75 Å². The number of hydrogen-bond acceptors (Lipinski definition) is 3. The molecule has 0 aliphatic carbocycles. The van der Waals surface area contributed by atoms with E-state index in [0.29, 0.717) is 6.61 Å². The Labute approximate surface area is 73.8 Å². The summed E-state index contributed by atoms with van der Waals surface area (Å²) in [6, 6.07) is 0. The Morgan fingerprint density at radius 1 is 1.80 bits per heavy atom. The van der Waals surface area contributed by atoms with Crippen LogP contribution in [0.4, 0.5) is 0 Å². The number of halogens is 1. The number of carbonyl (C=O) groups excluding carboxylic acids is 1. The van der Waals surface area contributed by atoms with Crippen LogP contribution in [-0.4, -0.2) is 29.4 Å². The molecule has 0 fully saturated rings. The number of thioether (sulfide) groups is 1. The van der Waals surface area contributed by atoms with Crippen molar-refractivity contribution in [3.05, 3.63) is 0 Å². The third-order valence-electron chi connectivity index (χ3n) is 0.857. The summed E-state index contributed by atoms with van der Waals surface area (Å²) in [6.45, 7) is 2.26. The number of esters is 1. The van der Waals surface area contributed by atoms with Crippen molar-refractivity contribution in [2.45, 2.75) is 11.8 Å². The van der Waals surface area contributed by atoms with Crippen LogP contribution in [0.2, 0.25) is 0 Å². The lowest BCUT2D eigenvalue weighted by molar-refractivity contribution is -0.141. The first-order valence-electron chi connectivity index (χ1n) is 2.98. The normalized spacial score (nSPS) is 12.7. The molecule has 1 unspecified atom stereocenters. The summed E-state index contributed by atoms with van der Waals surface area (Å²) in [6.07, 6.45) is 1.98. The van der Waals surface area contributed by atoms with Crippen LogP contribution in [0.25, 0.3) is 0 Å². The molecule has 0 aromatic carbocycles. The summed E-state index contributed by atoms with van der Waals surface area (Å²) in [5.41, 5.74) is 0. The summed E-state index contributed by atoms with van der Waals surface area (Å²) in [7, 11) is 0. The second kappa shape index (κ2) is 6.04. The molecule has 0 saturated heterocycles. The molecule has 0 bridgehead atoms. The Morgan fingerprint density at radius 2 is 2.40 bits per heavy atom. The second-order valence-electron chi connectivity index (χ2n) is 1.78. The molecule has 0 aliphatic heterocycles. The first-order chi connectivity index (χ1) is 4.68. The Balaban J connectivity index is 3.22. The maximum Gasteiger partial charge on any atom is 0.319 e. The molecule has 0 N–H and O–H groups in total. The van der Waals surface area contributed by atoms with Gasteiger partial charge in [-0.15, -0.1) is 0 Å². The summed E-state index contributed by atoms with van der Waals surface area (Å²) in [5, 5.41) is 0. The average Bonchev–Trinajstić information content (AvgIpc) is 1.88. The van der Waals surface area contributed by atoms with E-state index in [1.807, 2.05) is 6.26 Å². The third kappa shape index (κ3) is 5.11. The van der Waals surface area contributed by atoms with Gasteiger partial charge >= 0.3 is 5.97 Å². The Bertz CT molecular complexity index is 106. The molecule has 0 amide bonds. The largest absolute Gasteiger partial charge is 0.464 e. The summed E-state index contributed by atoms with van der Waals surface area (Å²) in [5.74, 6) is 0.680. The van der Waals surface area contributed by atoms with E-state index in [4.69, 9.17) is 4.74 Å². The van der Waals surface area contributed by atoms with E-state index in [2.05, 4.69) is 15.9 Å². The van der Waals surface area contributed by atoms with Gasteiger partial charge in [0.1, 0.15) is 11.4 Å². The van der Waals surface area contributed by atoms with Gasteiger partial charge in [-0.25, -0.2) is 0 Å². The Morgan fingerprint density at radius 3 is 2.80 bits per heavy atom. The molecular formula is C6H11BrO2S. The van der Waals surface area contributed by atoms with Crippen molar-refractivity contribution in [1.29, 1.82) is 0 Å². The molecule has 1 atom stereocenters. The Hall–Kier alpha value is 0.300. The van der Waals surface area contributed by atoms with Crippen LogP contribution in [0.5, 0.6) is 0 Å². The molecule has 60 valence electrons. The number of carbonyl (C=O) groups is 1. The van der Waals surface area contributed by atoms with Crippen molar-refractivity contribution in [3.63, 3.8) is 0 Å². The van der Waals surface area contributed by atoms with Crippen molar-refractivity contribution in [2.24, 2.45) is 0 Å². The quantitative estimate of drug-likeness (QED) is 0.415. The zero-order valence-electron chi connectivity index (χ0n) is 6.09. The summed E-state index contributed by atoms with van der Waals surface area (Å²) < 4.78 is 4.84. The maximum absolute atomic E-state index is 10.7. The van der Waals surface area contributed by atoms with Crippen molar-refractivity contribution in [2.75, 3.05) is 18.6 Å². The van der Waals surface area contributed by atoms with Crippen LogP contribution < -0.4 is 0 Å². The summed E-state index contributed by atoms with van der Waals surface area (Å²) in [4.78, 5) is 10.6. The highest BCUT2D eigenvalue weighted by Crippen LogP contribution is 2.00. The number of alkyl halides is 1. The van der Waals surface area contributed by atoms with Crippen molar-refractivity contribution < 1.29 is 9.53 Å². The number of rotatable bonds is 4. The van der Waals surface area contributed by atoms with Gasteiger partial charge in [0.05, 0.1) is 0 Å². The molecule has 0 aromatic heterocycles. The van der Waals surface area contributed by atoms with Gasteiger partial charge < -0.3 is 4.74 Å². The van der Waals surface area contributed by atoms with Gasteiger partial charge in [-0.3, -0.25) is 4.79 Å². The molecule has 10 heavy (non-hydrogen) atoms. The highest BCUT2D eigenvalue weighted by atomic mass is 79.9. The van der Waals surface area contributed by atoms with Gasteiger partial charge in [0.25, 0.3) is 0 Å². The molecule has 0 radical (unpaired) electrons. The lowest BCUT2D eigenvalue weighted by Gasteiger charge is -2.03. The molecule has 0 saturated carbocycles. The highest BCUT2D eigenvalue weighted by Gasteiger charge is 2.08. The second-order valence-corrected chi connectivity index (χ2v) is 4.14. The van der Waals surface area contributed by atoms with Crippen LogP contribution in [0.15, 0.2) is 0 Å². The van der Waals surface area contributed by atoms with Crippen molar-refractivity contribution >= 4 is 33.7 Å². The fourth-order valence-corrected chi connectivity index (χ4v) is 0.723. The first kappa shape index (κ1) is 10.3. The van der Waals surface area contributed by atoms with E-state index in [9.17, 15) is 4.79 Å². The molecule has 0 heterocycles. The van der Waals surface area contributed by atoms with Crippen LogP contribution in [0, 0.1) is 0 Å². The zero-order chi connectivity index (χ0) is 7.98. The van der Waals surface area contributed by atoms with Crippen LogP contribution in [0.1, 0.15) is 6.92 Å². The minimum atomic E-state index is -0.186. The molecule has 0 aliphatic rings. The van der Waals surface area contributed by atoms with E-state index < -0.39 is 0 Å².